The Morgan fingerprint density at radius 2 is 1.65 bits per heavy atom. The molecule has 1 aliphatic rings. The molecular weight excluding hydrogens is 640 g/mol. The van der Waals surface area contributed by atoms with Gasteiger partial charge >= 0.3 is 6.18 Å². The Hall–Kier alpha value is -3.96. The first-order valence-corrected chi connectivity index (χ1v) is 14.8. The summed E-state index contributed by atoms with van der Waals surface area (Å²) in [6, 6.07) is -8.03. The Labute approximate surface area is 312 Å². The number of benzene rings is 3. The molecule has 1 amide bonds. The predicted octanol–water partition coefficient (Wildman–Crippen LogP) is 7.47. The molecule has 5 rings (SSSR count). The van der Waals surface area contributed by atoms with Crippen molar-refractivity contribution in [2.24, 2.45) is 5.89 Å². The van der Waals surface area contributed by atoms with E-state index in [1.165, 1.54) is 0 Å². The highest BCUT2D eigenvalue weighted by atomic mass is 32.2. The maximum atomic E-state index is 15.0. The first-order valence-electron chi connectivity index (χ1n) is 24.5. The van der Waals surface area contributed by atoms with E-state index in [-0.39, 0.29) is 22.2 Å². The number of hydrogen-bond donors (Lipinski definition) is 0. The van der Waals surface area contributed by atoms with Gasteiger partial charge in [0.15, 0.2) is 5.16 Å². The molecule has 0 aliphatic heterocycles. The second-order valence-electron chi connectivity index (χ2n) is 9.85. The van der Waals surface area contributed by atoms with Crippen molar-refractivity contribution >= 4 is 17.7 Å². The number of rotatable bonds is 13. The lowest BCUT2D eigenvalue weighted by Crippen LogP contribution is -2.40. The maximum Gasteiger partial charge on any atom is 0.416 e. The number of alkyl halides is 3. The van der Waals surface area contributed by atoms with Crippen LogP contribution in [0.5, 0.6) is 0 Å². The molecule has 11 heteroatoms. The topological polar surface area (TPSA) is 58.4 Å². The van der Waals surface area contributed by atoms with Gasteiger partial charge in [0.1, 0.15) is 12.4 Å². The molecule has 0 bridgehead atoms. The van der Waals surface area contributed by atoms with E-state index in [0.29, 0.717) is 9.47 Å². The van der Waals surface area contributed by atoms with Crippen LogP contribution in [0.1, 0.15) is 77.5 Å². The molecule has 4 aromatic rings. The number of carbonyl (C=O) groups excluding carboxylic acids is 1. The van der Waals surface area contributed by atoms with Gasteiger partial charge < -0.3 is 14.4 Å². The van der Waals surface area contributed by atoms with E-state index in [0.717, 1.165) is 45.0 Å². The molecule has 1 unspecified atom stereocenters. The van der Waals surface area contributed by atoms with Gasteiger partial charge in [0, 0.05) is 51.6 Å². The molecule has 0 radical (unpaired) electrons. The Morgan fingerprint density at radius 1 is 1.02 bits per heavy atom. The number of hydrogen-bond acceptors (Lipinski definition) is 5. The number of carbonyl (C=O) groups is 1. The number of amides is 1. The zero-order chi connectivity index (χ0) is 53.1. The van der Waals surface area contributed by atoms with Crippen molar-refractivity contribution < 1.29 is 51.1 Å². The fraction of sp³-hybridized carbons (Fsp3) is 0.378. The van der Waals surface area contributed by atoms with E-state index in [1.807, 2.05) is 0 Å². The molecule has 1 heterocycles. The Morgan fingerprint density at radius 3 is 2.25 bits per heavy atom. The summed E-state index contributed by atoms with van der Waals surface area (Å²) in [7, 11) is 0. The number of thioether (sulfide) groups is 1. The minimum Gasteiger partial charge on any atom is -0.336 e. The molecule has 0 N–H and O–H groups in total. The largest absolute Gasteiger partial charge is 0.416 e. The molecule has 3 aromatic carbocycles. The maximum absolute atomic E-state index is 15.0. The average Bonchev–Trinajstić information content (AvgIpc) is 3.29. The van der Waals surface area contributed by atoms with Gasteiger partial charge in [-0.05, 0) is 78.1 Å². The molecule has 0 saturated heterocycles. The number of halogens is 4. The van der Waals surface area contributed by atoms with Crippen LogP contribution >= 0.6 is 11.8 Å². The molecule has 6 nitrogen and oxygen atoms in total. The van der Waals surface area contributed by atoms with Gasteiger partial charge in [-0.15, -0.1) is 0 Å². The van der Waals surface area contributed by atoms with Crippen LogP contribution in [0.25, 0.3) is 11.1 Å². The summed E-state index contributed by atoms with van der Waals surface area (Å²) in [5.41, 5.74) is -12.3. The standard InChI is InChI=1S/C37H40F4N4O2S/c1-4-43(5-2)18-19-44(22-26-6-10-28(11-7-26)29-12-14-30(15-13-29)37(39,40)41)34(46)23-45-33-21-25(3)20-32(33)35(47)42-36(45)48-24-27-8-16-31(38)17-9-27/h6-17,25H,4-5,18-24H2,1-3H3/i4D2,5D2,6D,7D,10D,11D,12D,13D,14D,15D,20D2,21D2,22D2,24D2,25D. The highest BCUT2D eigenvalue weighted by Crippen LogP contribution is 2.32. The smallest absolute Gasteiger partial charge is 0.336 e. The first-order chi connectivity index (χ1) is 31.0. The van der Waals surface area contributed by atoms with Crippen LogP contribution in [-0.2, 0) is 42.5 Å². The van der Waals surface area contributed by atoms with Crippen molar-refractivity contribution in [1.82, 2.24) is 19.4 Å². The Bertz CT molecular complexity index is 2730. The van der Waals surface area contributed by atoms with Crippen molar-refractivity contribution in [3.63, 3.8) is 0 Å². The van der Waals surface area contributed by atoms with Gasteiger partial charge in [0.25, 0.3) is 5.56 Å². The summed E-state index contributed by atoms with van der Waals surface area (Å²) in [5, 5.41) is -0.888. The summed E-state index contributed by atoms with van der Waals surface area (Å²) < 4.78 is 237. The van der Waals surface area contributed by atoms with E-state index in [9.17, 15) is 29.9 Å². The van der Waals surface area contributed by atoms with Gasteiger partial charge in [-0.1, -0.05) is 80.9 Å². The van der Waals surface area contributed by atoms with Crippen LogP contribution in [0.15, 0.2) is 82.6 Å². The van der Waals surface area contributed by atoms with Crippen molar-refractivity contribution in [2.45, 2.75) is 63.6 Å². The van der Waals surface area contributed by atoms with Crippen LogP contribution < -0.4 is 5.56 Å². The third kappa shape index (κ3) is 8.73. The second-order valence-corrected chi connectivity index (χ2v) is 10.6. The van der Waals surface area contributed by atoms with E-state index in [2.05, 4.69) is 4.98 Å². The molecule has 48 heavy (non-hydrogen) atoms. The van der Waals surface area contributed by atoms with E-state index < -0.39 is 174 Å². The van der Waals surface area contributed by atoms with Gasteiger partial charge in [-0.3, -0.25) is 9.59 Å². The third-order valence-electron chi connectivity index (χ3n) is 6.58. The zero-order valence-electron chi connectivity index (χ0n) is 46.5. The second kappa shape index (κ2) is 15.5. The van der Waals surface area contributed by atoms with Crippen LogP contribution in [0.2, 0.25) is 0 Å². The number of fused-ring (bicyclic) bond motifs is 1. The number of nitrogens with zero attached hydrogens (tertiary/aromatic N) is 4. The van der Waals surface area contributed by atoms with E-state index in [1.54, 1.807) is 0 Å². The molecule has 1 atom stereocenters. The summed E-state index contributed by atoms with van der Waals surface area (Å²) >= 11 is 0.0211. The predicted molar refractivity (Wildman–Crippen MR) is 181 cm³/mol. The molecule has 1 aromatic heterocycles. The number of aromatic nitrogens is 2. The Balaban J connectivity index is 1.81. The van der Waals surface area contributed by atoms with Crippen molar-refractivity contribution in [2.75, 3.05) is 26.1 Å². The van der Waals surface area contributed by atoms with Crippen molar-refractivity contribution in [3.05, 3.63) is 117 Å². The molecule has 0 saturated carbocycles. The number of likely N-dealkylation sites (N-methyl/N-ethyl adjacent to an activating group) is 1. The van der Waals surface area contributed by atoms with Crippen molar-refractivity contribution in [1.29, 1.82) is 0 Å². The van der Waals surface area contributed by atoms with Crippen LogP contribution in [-0.4, -0.2) is 51.3 Å². The molecule has 0 spiro atoms. The van der Waals surface area contributed by atoms with Crippen LogP contribution in [0.4, 0.5) is 17.6 Å². The lowest BCUT2D eigenvalue weighted by atomic mass is 10.0. The Kier molecular flexibility index (Phi) is 5.53. The summed E-state index contributed by atoms with van der Waals surface area (Å²) in [4.78, 5) is 33.1. The fourth-order valence-corrected chi connectivity index (χ4v) is 4.97. The van der Waals surface area contributed by atoms with Crippen molar-refractivity contribution in [3.8, 4) is 11.1 Å². The average molecular weight is 702 g/mol. The monoisotopic (exact) mass is 701 g/mol. The molecule has 0 fully saturated rings. The molecular formula is C37H40F4N4O2S. The summed E-state index contributed by atoms with van der Waals surface area (Å²) in [6.45, 7) is -9.96. The molecule has 1 aliphatic carbocycles. The highest BCUT2D eigenvalue weighted by molar-refractivity contribution is 7.98. The quantitative estimate of drug-likeness (QED) is 0.0823. The normalized spacial score (nSPS) is 25.5. The summed E-state index contributed by atoms with van der Waals surface area (Å²) in [6.07, 6.45) is -11.9. The minimum absolute atomic E-state index is 0.0211. The van der Waals surface area contributed by atoms with Gasteiger partial charge in [0.05, 0.1) is 19.3 Å². The lowest BCUT2D eigenvalue weighted by Gasteiger charge is -2.28. The first kappa shape index (κ1) is 17.1. The fourth-order valence-electron chi connectivity index (χ4n) is 4.23. The summed E-state index contributed by atoms with van der Waals surface area (Å²) in [5.74, 6) is -5.32. The highest BCUT2D eigenvalue weighted by Gasteiger charge is 2.30. The van der Waals surface area contributed by atoms with E-state index in [4.69, 9.17) is 26.0 Å². The zero-order valence-corrected chi connectivity index (χ0v) is 26.3. The van der Waals surface area contributed by atoms with Crippen LogP contribution in [0.3, 0.4) is 0 Å². The SMILES string of the molecule is [2H]c1c([2H])c(C(F)(F)F)c([2H])c([2H])c1-c1c([2H])c([2H])c(C([2H])([2H])N(CCN(C([2H])([2H])C)C([2H])([2H])C)C(=O)Cn2c(SC([2H])([2H])c3ccc(F)cc3)nc(=O)c3c2C([2H])([2H])C([2H])(C)C3([2H])[2H])c([2H])c1[2H]. The van der Waals surface area contributed by atoms with Gasteiger partial charge in [-0.2, -0.15) is 18.2 Å². The van der Waals surface area contributed by atoms with Gasteiger partial charge in [-0.25, -0.2) is 4.39 Å². The lowest BCUT2D eigenvalue weighted by molar-refractivity contribution is -0.137. The van der Waals surface area contributed by atoms with E-state index >= 15 is 0 Å². The van der Waals surface area contributed by atoms with Gasteiger partial charge in [0.2, 0.25) is 5.91 Å². The third-order valence-corrected chi connectivity index (χ3v) is 7.42. The molecule has 254 valence electrons. The van der Waals surface area contributed by atoms with Crippen LogP contribution in [0, 0.1) is 11.7 Å². The minimum atomic E-state index is -5.43.